The van der Waals surface area contributed by atoms with Gasteiger partial charge in [-0.2, -0.15) is 0 Å². The van der Waals surface area contributed by atoms with Crippen LogP contribution in [0.25, 0.3) is 0 Å². The first kappa shape index (κ1) is 10.9. The Kier molecular flexibility index (Phi) is 2.17. The molecule has 1 aromatic rings. The van der Waals surface area contributed by atoms with Crippen molar-refractivity contribution in [1.29, 1.82) is 0 Å². The maximum Gasteiger partial charge on any atom is 0.310 e. The van der Waals surface area contributed by atoms with E-state index in [-0.39, 0.29) is 28.8 Å². The summed E-state index contributed by atoms with van der Waals surface area (Å²) in [4.78, 5) is 10.1. The molecule has 1 aliphatic rings. The smallest absolute Gasteiger partial charge is 0.310 e. The topological polar surface area (TPSA) is 89.4 Å². The second kappa shape index (κ2) is 3.18. The van der Waals surface area contributed by atoms with Crippen molar-refractivity contribution < 1.29 is 10.0 Å². The average molecular weight is 222 g/mol. The molecule has 5 heteroatoms. The van der Waals surface area contributed by atoms with Gasteiger partial charge in [0, 0.05) is 18.0 Å². The van der Waals surface area contributed by atoms with Gasteiger partial charge in [-0.05, 0) is 17.0 Å². The third-order valence-corrected chi connectivity index (χ3v) is 3.47. The molecule has 1 aliphatic carbocycles. The lowest BCUT2D eigenvalue weighted by molar-refractivity contribution is -0.385. The molecular weight excluding hydrogens is 208 g/mol. The van der Waals surface area contributed by atoms with Gasteiger partial charge in [-0.1, -0.05) is 19.9 Å². The molecule has 0 bridgehead atoms. The molecule has 5 nitrogen and oxygen atoms in total. The van der Waals surface area contributed by atoms with E-state index in [1.807, 2.05) is 13.8 Å². The fourth-order valence-electron chi connectivity index (χ4n) is 2.19. The summed E-state index contributed by atoms with van der Waals surface area (Å²) in [6.07, 6.45) is 0. The minimum Gasteiger partial charge on any atom is -0.502 e. The number of rotatable bonds is 2. The Balaban J connectivity index is 2.39. The molecule has 0 unspecified atom stereocenters. The SMILES string of the molecule is CC1(C)[C@@H](N)[C@@H]1c1ccc(O)c([N+](=O)[O-])c1. The van der Waals surface area contributed by atoms with Crippen LogP contribution in [0.4, 0.5) is 5.69 Å². The van der Waals surface area contributed by atoms with Crippen molar-refractivity contribution in [3.8, 4) is 5.75 Å². The van der Waals surface area contributed by atoms with Crippen molar-refractivity contribution in [2.45, 2.75) is 25.8 Å². The number of phenolic OH excluding ortho intramolecular Hbond substituents is 1. The maximum absolute atomic E-state index is 10.7. The van der Waals surface area contributed by atoms with Crippen molar-refractivity contribution in [3.05, 3.63) is 33.9 Å². The fourth-order valence-corrected chi connectivity index (χ4v) is 2.19. The Morgan fingerprint density at radius 2 is 2.06 bits per heavy atom. The predicted molar refractivity (Wildman–Crippen MR) is 59.3 cm³/mol. The monoisotopic (exact) mass is 222 g/mol. The lowest BCUT2D eigenvalue weighted by Crippen LogP contribution is -2.06. The molecule has 3 N–H and O–H groups in total. The zero-order valence-corrected chi connectivity index (χ0v) is 9.18. The van der Waals surface area contributed by atoms with Gasteiger partial charge >= 0.3 is 5.69 Å². The summed E-state index contributed by atoms with van der Waals surface area (Å²) in [7, 11) is 0. The van der Waals surface area contributed by atoms with Gasteiger partial charge in [0.1, 0.15) is 0 Å². The zero-order valence-electron chi connectivity index (χ0n) is 9.18. The number of hydrogen-bond acceptors (Lipinski definition) is 4. The summed E-state index contributed by atoms with van der Waals surface area (Å²) in [6.45, 7) is 4.06. The summed E-state index contributed by atoms with van der Waals surface area (Å²) in [6, 6.07) is 4.49. The molecule has 0 aliphatic heterocycles. The van der Waals surface area contributed by atoms with Crippen LogP contribution in [0.2, 0.25) is 0 Å². The van der Waals surface area contributed by atoms with Crippen LogP contribution in [0.3, 0.4) is 0 Å². The molecule has 0 saturated heterocycles. The van der Waals surface area contributed by atoms with Crippen LogP contribution in [0.5, 0.6) is 5.75 Å². The minimum absolute atomic E-state index is 0.0230. The van der Waals surface area contributed by atoms with Gasteiger partial charge in [0.15, 0.2) is 5.75 Å². The normalized spacial score (nSPS) is 26.4. The van der Waals surface area contributed by atoms with Crippen molar-refractivity contribution in [3.63, 3.8) is 0 Å². The molecule has 86 valence electrons. The van der Waals surface area contributed by atoms with Crippen LogP contribution < -0.4 is 5.73 Å². The number of nitro benzene ring substituents is 1. The highest BCUT2D eigenvalue weighted by atomic mass is 16.6. The highest BCUT2D eigenvalue weighted by Crippen LogP contribution is 2.57. The number of nitro groups is 1. The largest absolute Gasteiger partial charge is 0.502 e. The molecule has 1 saturated carbocycles. The Labute approximate surface area is 93.0 Å². The minimum atomic E-state index is -0.584. The summed E-state index contributed by atoms with van der Waals surface area (Å²) in [5, 5.41) is 20.0. The molecule has 2 atom stereocenters. The van der Waals surface area contributed by atoms with Gasteiger partial charge in [0.25, 0.3) is 0 Å². The maximum atomic E-state index is 10.7. The third kappa shape index (κ3) is 1.44. The molecule has 0 heterocycles. The summed E-state index contributed by atoms with van der Waals surface area (Å²) < 4.78 is 0. The summed E-state index contributed by atoms with van der Waals surface area (Å²) in [5.74, 6) is -0.174. The van der Waals surface area contributed by atoms with E-state index in [0.29, 0.717) is 0 Å². The first-order valence-corrected chi connectivity index (χ1v) is 5.08. The average Bonchev–Trinajstić information content (AvgIpc) is 2.67. The van der Waals surface area contributed by atoms with Crippen molar-refractivity contribution in [1.82, 2.24) is 0 Å². The van der Waals surface area contributed by atoms with E-state index in [2.05, 4.69) is 0 Å². The molecule has 0 spiro atoms. The van der Waals surface area contributed by atoms with Gasteiger partial charge in [0.2, 0.25) is 0 Å². The molecule has 1 aromatic carbocycles. The highest BCUT2D eigenvalue weighted by molar-refractivity contribution is 5.50. The quantitative estimate of drug-likeness (QED) is 0.589. The van der Waals surface area contributed by atoms with Crippen LogP contribution in [-0.4, -0.2) is 16.1 Å². The van der Waals surface area contributed by atoms with E-state index in [1.165, 1.54) is 12.1 Å². The summed E-state index contributed by atoms with van der Waals surface area (Å²) >= 11 is 0. The van der Waals surface area contributed by atoms with E-state index in [4.69, 9.17) is 5.73 Å². The fraction of sp³-hybridized carbons (Fsp3) is 0.455. The highest BCUT2D eigenvalue weighted by Gasteiger charge is 2.56. The lowest BCUT2D eigenvalue weighted by Gasteiger charge is -2.03. The zero-order chi connectivity index (χ0) is 12.1. The summed E-state index contributed by atoms with van der Waals surface area (Å²) in [5.41, 5.74) is 6.45. The van der Waals surface area contributed by atoms with Crippen molar-refractivity contribution in [2.75, 3.05) is 0 Å². The Hall–Kier alpha value is -1.62. The van der Waals surface area contributed by atoms with E-state index in [0.717, 1.165) is 5.56 Å². The molecular formula is C11H14N2O3. The predicted octanol–water partition coefficient (Wildman–Crippen LogP) is 1.75. The number of phenols is 1. The first-order valence-electron chi connectivity index (χ1n) is 5.08. The molecule has 2 rings (SSSR count). The molecule has 0 aromatic heterocycles. The first-order chi connectivity index (χ1) is 7.35. The van der Waals surface area contributed by atoms with E-state index in [1.54, 1.807) is 6.07 Å². The van der Waals surface area contributed by atoms with E-state index in [9.17, 15) is 15.2 Å². The van der Waals surface area contributed by atoms with Crippen LogP contribution in [0.15, 0.2) is 18.2 Å². The second-order valence-electron chi connectivity index (χ2n) is 4.83. The van der Waals surface area contributed by atoms with Crippen molar-refractivity contribution >= 4 is 5.69 Å². The Bertz CT molecular complexity index is 457. The molecule has 1 fully saturated rings. The standard InChI is InChI=1S/C11H14N2O3/c1-11(2)9(10(11)12)6-3-4-8(14)7(5-6)13(15)16/h3-5,9-10,14H,12H2,1-2H3/t9-,10-/m0/s1. The van der Waals surface area contributed by atoms with Crippen molar-refractivity contribution in [2.24, 2.45) is 11.1 Å². The molecule has 0 amide bonds. The lowest BCUT2D eigenvalue weighted by atomic mass is 10.0. The number of nitrogens with zero attached hydrogens (tertiary/aromatic N) is 1. The number of nitrogens with two attached hydrogens (primary N) is 1. The number of benzene rings is 1. The van der Waals surface area contributed by atoms with Gasteiger partial charge in [-0.25, -0.2) is 0 Å². The van der Waals surface area contributed by atoms with Crippen LogP contribution >= 0.6 is 0 Å². The third-order valence-electron chi connectivity index (χ3n) is 3.47. The number of aromatic hydroxyl groups is 1. The van der Waals surface area contributed by atoms with Crippen LogP contribution in [0, 0.1) is 15.5 Å². The van der Waals surface area contributed by atoms with Gasteiger partial charge < -0.3 is 10.8 Å². The molecule has 0 radical (unpaired) electrons. The Morgan fingerprint density at radius 3 is 2.50 bits per heavy atom. The van der Waals surface area contributed by atoms with Gasteiger partial charge in [-0.15, -0.1) is 0 Å². The number of hydrogen-bond donors (Lipinski definition) is 2. The van der Waals surface area contributed by atoms with Gasteiger partial charge in [0.05, 0.1) is 4.92 Å². The second-order valence-corrected chi connectivity index (χ2v) is 4.83. The van der Waals surface area contributed by atoms with E-state index < -0.39 is 4.92 Å². The van der Waals surface area contributed by atoms with E-state index >= 15 is 0 Å². The van der Waals surface area contributed by atoms with Gasteiger partial charge in [-0.3, -0.25) is 10.1 Å². The molecule has 16 heavy (non-hydrogen) atoms. The Morgan fingerprint density at radius 1 is 1.50 bits per heavy atom. The van der Waals surface area contributed by atoms with Crippen LogP contribution in [-0.2, 0) is 0 Å². The van der Waals surface area contributed by atoms with Crippen LogP contribution in [0.1, 0.15) is 25.3 Å².